The Kier molecular flexibility index (Phi) is 6.15. The molecule has 2 aliphatic rings. The molecule has 1 aromatic heterocycles. The van der Waals surface area contributed by atoms with E-state index in [1.54, 1.807) is 23.0 Å². The molecule has 1 aliphatic heterocycles. The number of amides is 2. The van der Waals surface area contributed by atoms with Crippen molar-refractivity contribution in [1.82, 2.24) is 24.9 Å². The van der Waals surface area contributed by atoms with Crippen molar-refractivity contribution in [2.75, 3.05) is 32.7 Å². The summed E-state index contributed by atoms with van der Waals surface area (Å²) in [6.07, 6.45) is 3.87. The summed E-state index contributed by atoms with van der Waals surface area (Å²) in [4.78, 5) is 29.6. The van der Waals surface area contributed by atoms with Gasteiger partial charge in [0.05, 0.1) is 17.8 Å². The third-order valence-electron chi connectivity index (χ3n) is 6.30. The van der Waals surface area contributed by atoms with E-state index in [0.717, 1.165) is 24.0 Å². The van der Waals surface area contributed by atoms with Crippen LogP contribution in [-0.2, 0) is 4.79 Å². The summed E-state index contributed by atoms with van der Waals surface area (Å²) in [6.45, 7) is 4.76. The van der Waals surface area contributed by atoms with E-state index < -0.39 is 0 Å². The van der Waals surface area contributed by atoms with Crippen molar-refractivity contribution in [2.24, 2.45) is 0 Å². The van der Waals surface area contributed by atoms with E-state index in [9.17, 15) is 14.0 Å². The van der Waals surface area contributed by atoms with Gasteiger partial charge in [-0.05, 0) is 50.1 Å². The molecule has 2 fully saturated rings. The zero-order valence-electron chi connectivity index (χ0n) is 19.2. The molecular weight excluding hydrogens is 433 g/mol. The van der Waals surface area contributed by atoms with Crippen molar-refractivity contribution < 1.29 is 14.0 Å². The SMILES string of the molecule is Cc1cccc(-c2nn(-c3ccc(F)cc3)cc2C(=O)N2CCN(CC(=O)NC3CC3)CC2)c1. The molecule has 0 atom stereocenters. The Labute approximate surface area is 198 Å². The van der Waals surface area contributed by atoms with Gasteiger partial charge in [-0.3, -0.25) is 14.5 Å². The molecule has 176 valence electrons. The summed E-state index contributed by atoms with van der Waals surface area (Å²) in [6, 6.07) is 14.3. The first-order chi connectivity index (χ1) is 16.5. The summed E-state index contributed by atoms with van der Waals surface area (Å²) in [5.41, 5.74) is 3.73. The number of halogens is 1. The first kappa shape index (κ1) is 22.3. The lowest BCUT2D eigenvalue weighted by molar-refractivity contribution is -0.122. The lowest BCUT2D eigenvalue weighted by Gasteiger charge is -2.34. The molecule has 2 heterocycles. The highest BCUT2D eigenvalue weighted by Gasteiger charge is 2.28. The molecule has 0 spiro atoms. The van der Waals surface area contributed by atoms with Gasteiger partial charge in [0, 0.05) is 44.0 Å². The largest absolute Gasteiger partial charge is 0.352 e. The second-order valence-corrected chi connectivity index (χ2v) is 9.09. The van der Waals surface area contributed by atoms with Crippen LogP contribution in [0, 0.1) is 12.7 Å². The summed E-state index contributed by atoms with van der Waals surface area (Å²) in [5.74, 6) is -0.355. The maximum absolute atomic E-state index is 13.6. The van der Waals surface area contributed by atoms with Crippen molar-refractivity contribution >= 4 is 11.8 Å². The van der Waals surface area contributed by atoms with Crippen LogP contribution in [0.25, 0.3) is 16.9 Å². The van der Waals surface area contributed by atoms with Crippen LogP contribution < -0.4 is 5.32 Å². The zero-order chi connectivity index (χ0) is 23.7. The summed E-state index contributed by atoms with van der Waals surface area (Å²) >= 11 is 0. The average Bonchev–Trinajstić information content (AvgIpc) is 3.53. The summed E-state index contributed by atoms with van der Waals surface area (Å²) in [7, 11) is 0. The Hall–Kier alpha value is -3.52. The minimum Gasteiger partial charge on any atom is -0.352 e. The number of piperazine rings is 1. The number of nitrogens with one attached hydrogen (secondary N) is 1. The molecule has 34 heavy (non-hydrogen) atoms. The van der Waals surface area contributed by atoms with E-state index >= 15 is 0 Å². The smallest absolute Gasteiger partial charge is 0.257 e. The maximum atomic E-state index is 13.6. The summed E-state index contributed by atoms with van der Waals surface area (Å²) in [5, 5.41) is 7.73. The Morgan fingerprint density at radius 1 is 1.06 bits per heavy atom. The lowest BCUT2D eigenvalue weighted by Crippen LogP contribution is -2.51. The second-order valence-electron chi connectivity index (χ2n) is 9.09. The predicted molar refractivity (Wildman–Crippen MR) is 127 cm³/mol. The molecule has 7 nitrogen and oxygen atoms in total. The molecule has 1 saturated carbocycles. The van der Waals surface area contributed by atoms with Gasteiger partial charge in [-0.25, -0.2) is 9.07 Å². The fraction of sp³-hybridized carbons (Fsp3) is 0.346. The zero-order valence-corrected chi connectivity index (χ0v) is 19.2. The van der Waals surface area contributed by atoms with Gasteiger partial charge in [-0.2, -0.15) is 5.10 Å². The highest BCUT2D eigenvalue weighted by molar-refractivity contribution is 6.00. The van der Waals surface area contributed by atoms with E-state index in [1.165, 1.54) is 12.1 Å². The van der Waals surface area contributed by atoms with Gasteiger partial charge in [0.15, 0.2) is 0 Å². The molecule has 0 bridgehead atoms. The minimum atomic E-state index is -0.324. The predicted octanol–water partition coefficient (Wildman–Crippen LogP) is 3.02. The third kappa shape index (κ3) is 5.02. The third-order valence-corrected chi connectivity index (χ3v) is 6.30. The van der Waals surface area contributed by atoms with Crippen LogP contribution in [0.3, 0.4) is 0 Å². The van der Waals surface area contributed by atoms with Crippen LogP contribution in [0.4, 0.5) is 4.39 Å². The highest BCUT2D eigenvalue weighted by atomic mass is 19.1. The number of rotatable bonds is 6. The number of hydrogen-bond acceptors (Lipinski definition) is 4. The molecule has 2 amide bonds. The van der Waals surface area contributed by atoms with Crippen molar-refractivity contribution in [1.29, 1.82) is 0 Å². The Bertz CT molecular complexity index is 1190. The van der Waals surface area contributed by atoms with Gasteiger partial charge in [-0.15, -0.1) is 0 Å². The monoisotopic (exact) mass is 461 g/mol. The van der Waals surface area contributed by atoms with Crippen LogP contribution >= 0.6 is 0 Å². The molecule has 0 unspecified atom stereocenters. The molecule has 3 aromatic rings. The Balaban J connectivity index is 1.35. The first-order valence-electron chi connectivity index (χ1n) is 11.7. The van der Waals surface area contributed by atoms with E-state index in [1.807, 2.05) is 36.1 Å². The fourth-order valence-corrected chi connectivity index (χ4v) is 4.25. The maximum Gasteiger partial charge on any atom is 0.257 e. The van der Waals surface area contributed by atoms with E-state index in [4.69, 9.17) is 5.10 Å². The lowest BCUT2D eigenvalue weighted by atomic mass is 10.0. The van der Waals surface area contributed by atoms with Gasteiger partial charge in [0.1, 0.15) is 11.5 Å². The van der Waals surface area contributed by atoms with Crippen molar-refractivity contribution in [2.45, 2.75) is 25.8 Å². The molecule has 1 N–H and O–H groups in total. The van der Waals surface area contributed by atoms with Crippen molar-refractivity contribution in [3.63, 3.8) is 0 Å². The number of carbonyl (C=O) groups excluding carboxylic acids is 2. The van der Waals surface area contributed by atoms with Gasteiger partial charge in [0.2, 0.25) is 5.91 Å². The van der Waals surface area contributed by atoms with Crippen LogP contribution in [0.2, 0.25) is 0 Å². The molecular formula is C26H28FN5O2. The fourth-order valence-electron chi connectivity index (χ4n) is 4.25. The molecule has 1 saturated heterocycles. The molecule has 2 aromatic carbocycles. The minimum absolute atomic E-state index is 0.0598. The van der Waals surface area contributed by atoms with Crippen molar-refractivity contribution in [3.05, 3.63) is 71.7 Å². The van der Waals surface area contributed by atoms with Gasteiger partial charge >= 0.3 is 0 Å². The molecule has 5 rings (SSSR count). The van der Waals surface area contributed by atoms with Gasteiger partial charge in [0.25, 0.3) is 5.91 Å². The molecule has 1 aliphatic carbocycles. The van der Waals surface area contributed by atoms with Crippen LogP contribution in [0.5, 0.6) is 0 Å². The second kappa shape index (κ2) is 9.38. The summed E-state index contributed by atoms with van der Waals surface area (Å²) < 4.78 is 15.1. The van der Waals surface area contributed by atoms with E-state index in [-0.39, 0.29) is 17.6 Å². The number of benzene rings is 2. The molecule has 0 radical (unpaired) electrons. The topological polar surface area (TPSA) is 70.5 Å². The van der Waals surface area contributed by atoms with Crippen LogP contribution in [-0.4, -0.2) is 70.2 Å². The number of nitrogens with zero attached hydrogens (tertiary/aromatic N) is 4. The van der Waals surface area contributed by atoms with Gasteiger partial charge < -0.3 is 10.2 Å². The molecule has 8 heteroatoms. The normalized spacial score (nSPS) is 16.5. The Morgan fingerprint density at radius 3 is 2.47 bits per heavy atom. The number of hydrogen-bond donors (Lipinski definition) is 1. The van der Waals surface area contributed by atoms with Crippen LogP contribution in [0.1, 0.15) is 28.8 Å². The number of aromatic nitrogens is 2. The average molecular weight is 462 g/mol. The number of aryl methyl sites for hydroxylation is 1. The van der Waals surface area contributed by atoms with Gasteiger partial charge in [-0.1, -0.05) is 23.8 Å². The van der Waals surface area contributed by atoms with Crippen LogP contribution in [0.15, 0.2) is 54.7 Å². The van der Waals surface area contributed by atoms with Crippen molar-refractivity contribution in [3.8, 4) is 16.9 Å². The van der Waals surface area contributed by atoms with E-state index in [2.05, 4.69) is 10.2 Å². The highest BCUT2D eigenvalue weighted by Crippen LogP contribution is 2.26. The van der Waals surface area contributed by atoms with E-state index in [0.29, 0.717) is 55.7 Å². The Morgan fingerprint density at radius 2 is 1.79 bits per heavy atom. The first-order valence-corrected chi connectivity index (χ1v) is 11.7. The quantitative estimate of drug-likeness (QED) is 0.613. The number of carbonyl (C=O) groups is 2. The standard InChI is InChI=1S/C26H28FN5O2/c1-18-3-2-4-19(15-18)25-23(16-32(29-25)22-9-5-20(27)6-10-22)26(34)31-13-11-30(12-14-31)17-24(33)28-21-7-8-21/h2-6,9-10,15-16,21H,7-8,11-14,17H2,1H3,(H,28,33).